The Balaban J connectivity index is 2.50. The minimum atomic E-state index is -1.05. The number of carbonyl (C=O) groups is 1. The molecule has 1 atom stereocenters. The van der Waals surface area contributed by atoms with Crippen molar-refractivity contribution in [3.63, 3.8) is 0 Å². The Labute approximate surface area is 109 Å². The molecule has 1 aromatic heterocycles. The predicted molar refractivity (Wildman–Crippen MR) is 69.7 cm³/mol. The van der Waals surface area contributed by atoms with E-state index >= 15 is 0 Å². The molecule has 0 spiro atoms. The molecule has 0 aliphatic heterocycles. The third-order valence-electron chi connectivity index (χ3n) is 3.09. The maximum Gasteiger partial charge on any atom is 0.344 e. The molecular weight excluding hydrogens is 248 g/mol. The number of rotatable bonds is 3. The van der Waals surface area contributed by atoms with Crippen LogP contribution >= 0.6 is 0 Å². The Morgan fingerprint density at radius 1 is 1.32 bits per heavy atom. The van der Waals surface area contributed by atoms with Crippen LogP contribution in [0.5, 0.6) is 5.75 Å². The second-order valence-electron chi connectivity index (χ2n) is 4.40. The summed E-state index contributed by atoms with van der Waals surface area (Å²) in [6.07, 6.45) is -0.962. The Hall–Kier alpha value is -2.30. The van der Waals surface area contributed by atoms with Gasteiger partial charge in [-0.15, -0.1) is 0 Å². The number of fused-ring (bicyclic) bond motifs is 1. The van der Waals surface area contributed by atoms with Crippen molar-refractivity contribution in [2.75, 3.05) is 0 Å². The van der Waals surface area contributed by atoms with Crippen LogP contribution < -0.4 is 10.4 Å². The normalized spacial score (nSPS) is 12.4. The van der Waals surface area contributed by atoms with Gasteiger partial charge in [-0.1, -0.05) is 0 Å². The lowest BCUT2D eigenvalue weighted by atomic mass is 10.1. The molecule has 0 unspecified atom stereocenters. The van der Waals surface area contributed by atoms with E-state index in [2.05, 4.69) is 0 Å². The lowest BCUT2D eigenvalue weighted by molar-refractivity contribution is -0.144. The fourth-order valence-electron chi connectivity index (χ4n) is 1.76. The zero-order valence-corrected chi connectivity index (χ0v) is 10.9. The number of carboxylic acid groups (broad SMARTS) is 1. The number of carboxylic acids is 1. The first kappa shape index (κ1) is 13.1. The Kier molecular flexibility index (Phi) is 3.29. The van der Waals surface area contributed by atoms with Gasteiger partial charge in [0.1, 0.15) is 11.3 Å². The number of benzene rings is 1. The van der Waals surface area contributed by atoms with E-state index in [0.717, 1.165) is 10.9 Å². The van der Waals surface area contributed by atoms with Gasteiger partial charge in [0.05, 0.1) is 0 Å². The van der Waals surface area contributed by atoms with Gasteiger partial charge >= 0.3 is 11.6 Å². The van der Waals surface area contributed by atoms with E-state index in [0.29, 0.717) is 16.9 Å². The number of aliphatic carboxylic acids is 1. The van der Waals surface area contributed by atoms with Gasteiger partial charge in [-0.3, -0.25) is 0 Å². The SMILES string of the molecule is Cc1c(C)c2ccc(O[C@H](C)C(=O)O)cc2oc1=O. The van der Waals surface area contributed by atoms with Crippen LogP contribution in [0.2, 0.25) is 0 Å². The van der Waals surface area contributed by atoms with Gasteiger partial charge in [0.15, 0.2) is 6.10 Å². The van der Waals surface area contributed by atoms with Gasteiger partial charge in [-0.25, -0.2) is 9.59 Å². The van der Waals surface area contributed by atoms with Crippen LogP contribution in [0.25, 0.3) is 11.0 Å². The molecule has 0 radical (unpaired) electrons. The minimum absolute atomic E-state index is 0.355. The standard InChI is InChI=1S/C14H14O5/c1-7-8(2)14(17)19-12-6-10(4-5-11(7)12)18-9(3)13(15)16/h4-6,9H,1-3H3,(H,15,16)/t9-/m1/s1. The molecule has 5 nitrogen and oxygen atoms in total. The summed E-state index contributed by atoms with van der Waals surface area (Å²) in [7, 11) is 0. The van der Waals surface area contributed by atoms with Crippen molar-refractivity contribution >= 4 is 16.9 Å². The van der Waals surface area contributed by atoms with Gasteiger partial charge in [-0.05, 0) is 38.5 Å². The summed E-state index contributed by atoms with van der Waals surface area (Å²) in [5, 5.41) is 9.60. The van der Waals surface area contributed by atoms with Gasteiger partial charge < -0.3 is 14.3 Å². The largest absolute Gasteiger partial charge is 0.479 e. The molecule has 1 heterocycles. The highest BCUT2D eigenvalue weighted by Crippen LogP contribution is 2.24. The highest BCUT2D eigenvalue weighted by Gasteiger charge is 2.14. The molecule has 19 heavy (non-hydrogen) atoms. The topological polar surface area (TPSA) is 76.7 Å². The van der Waals surface area contributed by atoms with Crippen LogP contribution in [0.3, 0.4) is 0 Å². The molecule has 2 rings (SSSR count). The quantitative estimate of drug-likeness (QED) is 0.858. The first-order valence-electron chi connectivity index (χ1n) is 5.83. The monoisotopic (exact) mass is 262 g/mol. The van der Waals surface area contributed by atoms with Gasteiger partial charge in [0, 0.05) is 17.0 Å². The van der Waals surface area contributed by atoms with E-state index < -0.39 is 17.7 Å². The van der Waals surface area contributed by atoms with Crippen molar-refractivity contribution in [3.05, 3.63) is 39.7 Å². The van der Waals surface area contributed by atoms with Crippen molar-refractivity contribution in [1.29, 1.82) is 0 Å². The van der Waals surface area contributed by atoms with E-state index in [9.17, 15) is 9.59 Å². The average Bonchev–Trinajstić information content (AvgIpc) is 2.35. The van der Waals surface area contributed by atoms with E-state index in [1.54, 1.807) is 19.1 Å². The number of hydrogen-bond acceptors (Lipinski definition) is 4. The summed E-state index contributed by atoms with van der Waals surface area (Å²) in [6, 6.07) is 4.95. The molecular formula is C14H14O5. The smallest absolute Gasteiger partial charge is 0.344 e. The van der Waals surface area contributed by atoms with E-state index in [1.165, 1.54) is 13.0 Å². The minimum Gasteiger partial charge on any atom is -0.479 e. The second kappa shape index (κ2) is 4.76. The van der Waals surface area contributed by atoms with Crippen molar-refractivity contribution < 1.29 is 19.1 Å². The van der Waals surface area contributed by atoms with Crippen LogP contribution in [0.4, 0.5) is 0 Å². The fraction of sp³-hybridized carbons (Fsp3) is 0.286. The maximum absolute atomic E-state index is 11.6. The fourth-order valence-corrected chi connectivity index (χ4v) is 1.76. The molecule has 1 N–H and O–H groups in total. The van der Waals surface area contributed by atoms with Gasteiger partial charge in [0.25, 0.3) is 0 Å². The molecule has 0 saturated heterocycles. The zero-order chi connectivity index (χ0) is 14.2. The number of hydrogen-bond donors (Lipinski definition) is 1. The van der Waals surface area contributed by atoms with Crippen molar-refractivity contribution in [1.82, 2.24) is 0 Å². The van der Waals surface area contributed by atoms with E-state index in [1.807, 2.05) is 6.92 Å². The van der Waals surface area contributed by atoms with Crippen LogP contribution in [-0.4, -0.2) is 17.2 Å². The highest BCUT2D eigenvalue weighted by molar-refractivity contribution is 5.82. The lowest BCUT2D eigenvalue weighted by Gasteiger charge is -2.11. The molecule has 0 aliphatic carbocycles. The predicted octanol–water partition coefficient (Wildman–Crippen LogP) is 2.26. The Morgan fingerprint density at radius 2 is 2.00 bits per heavy atom. The zero-order valence-electron chi connectivity index (χ0n) is 10.9. The van der Waals surface area contributed by atoms with Crippen molar-refractivity contribution in [2.24, 2.45) is 0 Å². The van der Waals surface area contributed by atoms with Crippen LogP contribution in [0.15, 0.2) is 27.4 Å². The first-order valence-corrected chi connectivity index (χ1v) is 5.83. The lowest BCUT2D eigenvalue weighted by Crippen LogP contribution is -2.22. The summed E-state index contributed by atoms with van der Waals surface area (Å²) in [6.45, 7) is 4.98. The van der Waals surface area contributed by atoms with Gasteiger partial charge in [0.2, 0.25) is 0 Å². The Bertz CT molecular complexity index is 699. The molecule has 5 heteroatoms. The van der Waals surface area contributed by atoms with Crippen molar-refractivity contribution in [3.8, 4) is 5.75 Å². The summed E-state index contributed by atoms with van der Waals surface area (Å²) >= 11 is 0. The van der Waals surface area contributed by atoms with E-state index in [4.69, 9.17) is 14.3 Å². The number of ether oxygens (including phenoxy) is 1. The third kappa shape index (κ3) is 2.45. The number of aryl methyl sites for hydroxylation is 1. The average molecular weight is 262 g/mol. The highest BCUT2D eigenvalue weighted by atomic mass is 16.5. The molecule has 0 amide bonds. The molecule has 0 fully saturated rings. The second-order valence-corrected chi connectivity index (χ2v) is 4.40. The first-order chi connectivity index (χ1) is 8.90. The molecule has 1 aromatic carbocycles. The van der Waals surface area contributed by atoms with E-state index in [-0.39, 0.29) is 0 Å². The van der Waals surface area contributed by atoms with Gasteiger partial charge in [-0.2, -0.15) is 0 Å². The summed E-state index contributed by atoms with van der Waals surface area (Å²) in [5.41, 5.74) is 1.42. The molecule has 2 aromatic rings. The van der Waals surface area contributed by atoms with Crippen LogP contribution in [-0.2, 0) is 4.79 Å². The molecule has 0 bridgehead atoms. The third-order valence-corrected chi connectivity index (χ3v) is 3.09. The maximum atomic E-state index is 11.6. The molecule has 100 valence electrons. The van der Waals surface area contributed by atoms with Crippen LogP contribution in [0.1, 0.15) is 18.1 Å². The summed E-state index contributed by atoms with van der Waals surface area (Å²) < 4.78 is 10.4. The van der Waals surface area contributed by atoms with Crippen LogP contribution in [0, 0.1) is 13.8 Å². The van der Waals surface area contributed by atoms with Crippen molar-refractivity contribution in [2.45, 2.75) is 26.9 Å². The summed E-state index contributed by atoms with van der Waals surface area (Å²) in [5.74, 6) is -0.699. The summed E-state index contributed by atoms with van der Waals surface area (Å²) in [4.78, 5) is 22.3. The molecule has 0 aliphatic rings. The Morgan fingerprint density at radius 3 is 2.63 bits per heavy atom. The molecule has 0 saturated carbocycles.